The van der Waals surface area contributed by atoms with Crippen LogP contribution in [-0.2, 0) is 16.4 Å². The van der Waals surface area contributed by atoms with Gasteiger partial charge in [0.25, 0.3) is 0 Å². The molecule has 0 bridgehead atoms. The van der Waals surface area contributed by atoms with Crippen molar-refractivity contribution in [3.63, 3.8) is 0 Å². The summed E-state index contributed by atoms with van der Waals surface area (Å²) in [6, 6.07) is 3.65. The summed E-state index contributed by atoms with van der Waals surface area (Å²) in [4.78, 5) is 4.34. The van der Waals surface area contributed by atoms with Crippen molar-refractivity contribution >= 4 is 39.8 Å². The standard InChI is InChI=1S/C14H25N3O3S.HI/c1-5-15-13(17-11-12-7-6-9-20-12)16-8-10-21(18,19)14(2,3)4;/h6-7,9H,5,8,10-11H2,1-4H3,(H2,15,16,17);1H. The molecule has 1 rings (SSSR count). The Morgan fingerprint density at radius 2 is 2.00 bits per heavy atom. The number of guanidine groups is 1. The van der Waals surface area contributed by atoms with Crippen LogP contribution in [0.2, 0.25) is 0 Å². The Bertz CT molecular complexity index is 548. The van der Waals surface area contributed by atoms with Crippen molar-refractivity contribution in [1.29, 1.82) is 0 Å². The second-order valence-corrected chi connectivity index (χ2v) is 8.50. The molecule has 0 aliphatic heterocycles. The summed E-state index contributed by atoms with van der Waals surface area (Å²) in [5.41, 5.74) is 0. The molecule has 6 nitrogen and oxygen atoms in total. The fourth-order valence-corrected chi connectivity index (χ4v) is 2.49. The van der Waals surface area contributed by atoms with Crippen LogP contribution >= 0.6 is 24.0 Å². The fourth-order valence-electron chi connectivity index (χ4n) is 1.51. The molecule has 0 saturated carbocycles. The predicted molar refractivity (Wildman–Crippen MR) is 100 cm³/mol. The minimum absolute atomic E-state index is 0. The Hall–Kier alpha value is -0.770. The molecule has 0 aliphatic rings. The minimum Gasteiger partial charge on any atom is -0.467 e. The molecular weight excluding hydrogens is 417 g/mol. The van der Waals surface area contributed by atoms with Gasteiger partial charge in [-0.2, -0.15) is 0 Å². The number of nitrogens with zero attached hydrogens (tertiary/aromatic N) is 1. The molecule has 0 unspecified atom stereocenters. The van der Waals surface area contributed by atoms with Crippen molar-refractivity contribution in [3.05, 3.63) is 24.2 Å². The molecule has 1 aromatic heterocycles. The first kappa shape index (κ1) is 21.2. The van der Waals surface area contributed by atoms with Crippen LogP contribution in [0.25, 0.3) is 0 Å². The van der Waals surface area contributed by atoms with Gasteiger partial charge in [0.15, 0.2) is 15.8 Å². The van der Waals surface area contributed by atoms with Crippen LogP contribution in [0, 0.1) is 0 Å². The van der Waals surface area contributed by atoms with Crippen molar-refractivity contribution in [2.45, 2.75) is 39.0 Å². The van der Waals surface area contributed by atoms with Gasteiger partial charge in [-0.3, -0.25) is 0 Å². The number of hydrogen-bond donors (Lipinski definition) is 2. The van der Waals surface area contributed by atoms with Gasteiger partial charge in [0, 0.05) is 13.1 Å². The largest absolute Gasteiger partial charge is 0.467 e. The molecule has 8 heteroatoms. The summed E-state index contributed by atoms with van der Waals surface area (Å²) in [7, 11) is -3.13. The Kier molecular flexibility index (Phi) is 9.06. The van der Waals surface area contributed by atoms with Gasteiger partial charge in [-0.1, -0.05) is 0 Å². The Morgan fingerprint density at radius 1 is 1.32 bits per heavy atom. The average Bonchev–Trinajstić information content (AvgIpc) is 2.87. The van der Waals surface area contributed by atoms with Gasteiger partial charge in [-0.15, -0.1) is 24.0 Å². The van der Waals surface area contributed by atoms with Crippen LogP contribution in [0.4, 0.5) is 0 Å². The maximum absolute atomic E-state index is 12.0. The number of rotatable bonds is 6. The molecule has 0 radical (unpaired) electrons. The molecule has 0 atom stereocenters. The average molecular weight is 443 g/mol. The highest BCUT2D eigenvalue weighted by molar-refractivity contribution is 14.0. The fraction of sp³-hybridized carbons (Fsp3) is 0.643. The van der Waals surface area contributed by atoms with Crippen LogP contribution in [0.5, 0.6) is 0 Å². The van der Waals surface area contributed by atoms with E-state index in [9.17, 15) is 8.42 Å². The third kappa shape index (κ3) is 6.99. The van der Waals surface area contributed by atoms with Gasteiger partial charge in [0.05, 0.1) is 16.8 Å². The molecule has 0 fully saturated rings. The lowest BCUT2D eigenvalue weighted by atomic mass is 10.3. The van der Waals surface area contributed by atoms with Gasteiger partial charge >= 0.3 is 0 Å². The van der Waals surface area contributed by atoms with Crippen molar-refractivity contribution in [1.82, 2.24) is 10.6 Å². The third-order valence-electron chi connectivity index (χ3n) is 2.91. The smallest absolute Gasteiger partial charge is 0.191 e. The number of nitrogens with one attached hydrogen (secondary N) is 2. The SMILES string of the molecule is CCNC(=NCc1ccco1)NCCS(=O)(=O)C(C)(C)C.I. The number of sulfone groups is 1. The zero-order valence-electron chi connectivity index (χ0n) is 13.5. The molecule has 0 amide bonds. The highest BCUT2D eigenvalue weighted by Crippen LogP contribution is 2.15. The van der Waals surface area contributed by atoms with E-state index in [0.717, 1.165) is 5.76 Å². The Balaban J connectivity index is 0.00000441. The van der Waals surface area contributed by atoms with E-state index in [1.54, 1.807) is 33.1 Å². The van der Waals surface area contributed by atoms with Gasteiger partial charge in [0.2, 0.25) is 0 Å². The normalized spacial score (nSPS) is 12.6. The molecular formula is C14H26IN3O3S. The summed E-state index contributed by atoms with van der Waals surface area (Å²) in [5, 5.41) is 6.10. The highest BCUT2D eigenvalue weighted by Gasteiger charge is 2.28. The molecule has 22 heavy (non-hydrogen) atoms. The number of hydrogen-bond acceptors (Lipinski definition) is 4. The van der Waals surface area contributed by atoms with Crippen LogP contribution in [0.3, 0.4) is 0 Å². The zero-order chi connectivity index (χ0) is 15.9. The third-order valence-corrected chi connectivity index (χ3v) is 5.52. The number of halogens is 1. The van der Waals surface area contributed by atoms with Crippen molar-refractivity contribution < 1.29 is 12.8 Å². The van der Waals surface area contributed by atoms with E-state index in [1.807, 2.05) is 13.0 Å². The topological polar surface area (TPSA) is 83.7 Å². The second kappa shape index (κ2) is 9.39. The molecule has 0 spiro atoms. The van der Waals surface area contributed by atoms with Crippen molar-refractivity contribution in [2.75, 3.05) is 18.8 Å². The molecule has 2 N–H and O–H groups in total. The summed E-state index contributed by atoms with van der Waals surface area (Å²) in [6.07, 6.45) is 1.60. The summed E-state index contributed by atoms with van der Waals surface area (Å²) >= 11 is 0. The first-order valence-corrected chi connectivity index (χ1v) is 8.68. The maximum atomic E-state index is 12.0. The van der Waals surface area contributed by atoms with E-state index in [0.29, 0.717) is 25.6 Å². The minimum atomic E-state index is -3.13. The maximum Gasteiger partial charge on any atom is 0.191 e. The van der Waals surface area contributed by atoms with Gasteiger partial charge in [-0.05, 0) is 39.8 Å². The highest BCUT2D eigenvalue weighted by atomic mass is 127. The summed E-state index contributed by atoms with van der Waals surface area (Å²) < 4.78 is 28.5. The monoisotopic (exact) mass is 443 g/mol. The van der Waals surface area contributed by atoms with E-state index in [-0.39, 0.29) is 29.7 Å². The van der Waals surface area contributed by atoms with Crippen LogP contribution in [0.1, 0.15) is 33.5 Å². The summed E-state index contributed by atoms with van der Waals surface area (Å²) in [5.74, 6) is 1.41. The van der Waals surface area contributed by atoms with E-state index < -0.39 is 14.6 Å². The molecule has 128 valence electrons. The molecule has 1 aromatic rings. The first-order valence-electron chi connectivity index (χ1n) is 7.03. The second-order valence-electron chi connectivity index (χ2n) is 5.63. The van der Waals surface area contributed by atoms with Gasteiger partial charge in [0.1, 0.15) is 12.3 Å². The first-order chi connectivity index (χ1) is 9.76. The number of furan rings is 1. The van der Waals surface area contributed by atoms with Crippen LogP contribution in [0.15, 0.2) is 27.8 Å². The Labute approximate surface area is 150 Å². The molecule has 0 aromatic carbocycles. The van der Waals surface area contributed by atoms with E-state index >= 15 is 0 Å². The lowest BCUT2D eigenvalue weighted by Gasteiger charge is -2.19. The lowest BCUT2D eigenvalue weighted by molar-refractivity contribution is 0.512. The van der Waals surface area contributed by atoms with Gasteiger partial charge in [-0.25, -0.2) is 13.4 Å². The van der Waals surface area contributed by atoms with Crippen LogP contribution < -0.4 is 10.6 Å². The Morgan fingerprint density at radius 3 is 2.50 bits per heavy atom. The van der Waals surface area contributed by atoms with E-state index in [2.05, 4.69) is 15.6 Å². The van der Waals surface area contributed by atoms with Crippen molar-refractivity contribution in [3.8, 4) is 0 Å². The molecule has 0 saturated heterocycles. The van der Waals surface area contributed by atoms with Gasteiger partial charge < -0.3 is 15.1 Å². The molecule has 0 aliphatic carbocycles. The predicted octanol–water partition coefficient (Wildman–Crippen LogP) is 2.17. The van der Waals surface area contributed by atoms with Crippen LogP contribution in [-0.4, -0.2) is 38.0 Å². The number of aliphatic imine (C=N–C) groups is 1. The quantitative estimate of drug-likeness (QED) is 0.400. The lowest BCUT2D eigenvalue weighted by Crippen LogP contribution is -2.41. The summed E-state index contributed by atoms with van der Waals surface area (Å²) in [6.45, 7) is 8.51. The van der Waals surface area contributed by atoms with E-state index in [4.69, 9.17) is 4.42 Å². The van der Waals surface area contributed by atoms with E-state index in [1.165, 1.54) is 0 Å². The van der Waals surface area contributed by atoms with Crippen molar-refractivity contribution in [2.24, 2.45) is 4.99 Å². The zero-order valence-corrected chi connectivity index (χ0v) is 16.7. The molecule has 1 heterocycles.